The van der Waals surface area contributed by atoms with E-state index in [4.69, 9.17) is 11.6 Å². The third kappa shape index (κ3) is 0.788. The first-order chi connectivity index (χ1) is 4.64. The lowest BCUT2D eigenvalue weighted by molar-refractivity contribution is 0.288. The summed E-state index contributed by atoms with van der Waals surface area (Å²) in [5, 5.41) is 0. The van der Waals surface area contributed by atoms with Crippen LogP contribution in [0.1, 0.15) is 12.8 Å². The minimum atomic E-state index is 0.0127. The van der Waals surface area contributed by atoms with Gasteiger partial charge in [-0.25, -0.2) is 0 Å². The van der Waals surface area contributed by atoms with Crippen LogP contribution in [0.3, 0.4) is 0 Å². The van der Waals surface area contributed by atoms with Crippen LogP contribution in [0.15, 0.2) is 10.6 Å². The standard InChI is InChI=1S/C7H7Br2Cl/c8-5-3-6(9)7(10)2-1-4(5)7/h3-4,6H,1-2H2. The quantitative estimate of drug-likeness (QED) is 0.599. The van der Waals surface area contributed by atoms with Crippen LogP contribution in [0.25, 0.3) is 0 Å². The predicted molar refractivity (Wildman–Crippen MR) is 51.0 cm³/mol. The van der Waals surface area contributed by atoms with Crippen molar-refractivity contribution in [2.24, 2.45) is 5.92 Å². The molecule has 0 spiro atoms. The van der Waals surface area contributed by atoms with E-state index in [9.17, 15) is 0 Å². The van der Waals surface area contributed by atoms with Crippen LogP contribution in [0.5, 0.6) is 0 Å². The normalized spacial score (nSPS) is 51.7. The number of fused-ring (bicyclic) bond motifs is 1. The Morgan fingerprint density at radius 1 is 1.70 bits per heavy atom. The number of hydrogen-bond donors (Lipinski definition) is 0. The molecule has 2 aliphatic rings. The lowest BCUT2D eigenvalue weighted by Gasteiger charge is -2.42. The van der Waals surface area contributed by atoms with E-state index in [2.05, 4.69) is 37.9 Å². The summed E-state index contributed by atoms with van der Waals surface area (Å²) in [6, 6.07) is 0. The van der Waals surface area contributed by atoms with Crippen molar-refractivity contribution in [3.63, 3.8) is 0 Å². The van der Waals surface area contributed by atoms with E-state index < -0.39 is 0 Å². The molecule has 56 valence electrons. The van der Waals surface area contributed by atoms with Gasteiger partial charge in [0.25, 0.3) is 0 Å². The molecule has 0 nitrogen and oxygen atoms in total. The van der Waals surface area contributed by atoms with E-state index in [0.717, 1.165) is 6.42 Å². The van der Waals surface area contributed by atoms with Crippen molar-refractivity contribution in [1.82, 2.24) is 0 Å². The zero-order valence-electron chi connectivity index (χ0n) is 5.28. The van der Waals surface area contributed by atoms with Crippen LogP contribution in [-0.4, -0.2) is 9.70 Å². The number of allylic oxidation sites excluding steroid dienone is 2. The van der Waals surface area contributed by atoms with E-state index in [0.29, 0.717) is 10.7 Å². The van der Waals surface area contributed by atoms with E-state index in [1.807, 2.05) is 0 Å². The molecule has 1 fully saturated rings. The van der Waals surface area contributed by atoms with Gasteiger partial charge in [-0.05, 0) is 17.3 Å². The molecule has 0 saturated heterocycles. The second-order valence-corrected chi connectivity index (χ2v) is 5.58. The van der Waals surface area contributed by atoms with Crippen LogP contribution >= 0.6 is 43.5 Å². The summed E-state index contributed by atoms with van der Waals surface area (Å²) in [7, 11) is 0. The molecule has 3 unspecified atom stereocenters. The van der Waals surface area contributed by atoms with Gasteiger partial charge in [0.15, 0.2) is 0 Å². The number of halogens is 3. The first kappa shape index (κ1) is 7.63. The molecule has 1 saturated carbocycles. The van der Waals surface area contributed by atoms with Gasteiger partial charge < -0.3 is 0 Å². The van der Waals surface area contributed by atoms with Gasteiger partial charge in [-0.3, -0.25) is 0 Å². The molecule has 0 heterocycles. The molecule has 3 atom stereocenters. The van der Waals surface area contributed by atoms with Crippen molar-refractivity contribution in [3.05, 3.63) is 10.6 Å². The van der Waals surface area contributed by atoms with E-state index >= 15 is 0 Å². The first-order valence-electron chi connectivity index (χ1n) is 3.35. The van der Waals surface area contributed by atoms with Gasteiger partial charge in [0.1, 0.15) is 0 Å². The van der Waals surface area contributed by atoms with Crippen molar-refractivity contribution >= 4 is 43.5 Å². The second-order valence-electron chi connectivity index (χ2n) is 2.97. The lowest BCUT2D eigenvalue weighted by atomic mass is 9.75. The first-order valence-corrected chi connectivity index (χ1v) is 5.43. The van der Waals surface area contributed by atoms with Crippen LogP contribution in [0.2, 0.25) is 0 Å². The van der Waals surface area contributed by atoms with Crippen molar-refractivity contribution in [3.8, 4) is 0 Å². The van der Waals surface area contributed by atoms with Gasteiger partial charge in [-0.2, -0.15) is 0 Å². The fourth-order valence-corrected chi connectivity index (χ4v) is 4.28. The number of rotatable bonds is 0. The van der Waals surface area contributed by atoms with Crippen molar-refractivity contribution in [1.29, 1.82) is 0 Å². The highest BCUT2D eigenvalue weighted by Gasteiger charge is 2.54. The maximum atomic E-state index is 6.32. The molecule has 0 aromatic carbocycles. The topological polar surface area (TPSA) is 0 Å². The van der Waals surface area contributed by atoms with Crippen LogP contribution in [-0.2, 0) is 0 Å². The summed E-state index contributed by atoms with van der Waals surface area (Å²) in [5.74, 6) is 0.582. The summed E-state index contributed by atoms with van der Waals surface area (Å²) < 4.78 is 1.29. The van der Waals surface area contributed by atoms with Gasteiger partial charge in [0.2, 0.25) is 0 Å². The fourth-order valence-electron chi connectivity index (χ4n) is 1.66. The molecular formula is C7H7Br2Cl. The summed E-state index contributed by atoms with van der Waals surface area (Å²) in [6.07, 6.45) is 4.55. The van der Waals surface area contributed by atoms with Crippen molar-refractivity contribution in [2.75, 3.05) is 0 Å². The largest absolute Gasteiger partial charge is 0.117 e. The van der Waals surface area contributed by atoms with Crippen molar-refractivity contribution in [2.45, 2.75) is 22.5 Å². The zero-order valence-corrected chi connectivity index (χ0v) is 9.21. The van der Waals surface area contributed by atoms with Gasteiger partial charge >= 0.3 is 0 Å². The van der Waals surface area contributed by atoms with Crippen LogP contribution in [0, 0.1) is 5.92 Å². The predicted octanol–water partition coefficient (Wildman–Crippen LogP) is 3.43. The lowest BCUT2D eigenvalue weighted by Crippen LogP contribution is -2.44. The van der Waals surface area contributed by atoms with E-state index in [-0.39, 0.29) is 4.87 Å². The van der Waals surface area contributed by atoms with Crippen LogP contribution < -0.4 is 0 Å². The summed E-state index contributed by atoms with van der Waals surface area (Å²) in [5.41, 5.74) is 0. The second kappa shape index (κ2) is 2.24. The van der Waals surface area contributed by atoms with Gasteiger partial charge in [0.05, 0.1) is 9.70 Å². The molecule has 10 heavy (non-hydrogen) atoms. The Morgan fingerprint density at radius 2 is 2.40 bits per heavy atom. The van der Waals surface area contributed by atoms with Crippen LogP contribution in [0.4, 0.5) is 0 Å². The molecule has 0 bridgehead atoms. The summed E-state index contributed by atoms with van der Waals surface area (Å²) >= 11 is 13.4. The maximum Gasteiger partial charge on any atom is 0.0680 e. The van der Waals surface area contributed by atoms with Gasteiger partial charge in [-0.1, -0.05) is 37.9 Å². The highest BCUT2D eigenvalue weighted by Crippen LogP contribution is 2.58. The fraction of sp³-hybridized carbons (Fsp3) is 0.714. The Bertz CT molecular complexity index is 202. The third-order valence-electron chi connectivity index (χ3n) is 2.49. The molecule has 0 amide bonds. The van der Waals surface area contributed by atoms with E-state index in [1.54, 1.807) is 0 Å². The highest BCUT2D eigenvalue weighted by molar-refractivity contribution is 9.12. The Morgan fingerprint density at radius 3 is 2.60 bits per heavy atom. The molecule has 2 rings (SSSR count). The minimum absolute atomic E-state index is 0.0127. The Hall–Kier alpha value is 0.990. The Kier molecular flexibility index (Phi) is 1.71. The monoisotopic (exact) mass is 284 g/mol. The molecule has 0 aromatic rings. The van der Waals surface area contributed by atoms with E-state index in [1.165, 1.54) is 10.9 Å². The minimum Gasteiger partial charge on any atom is -0.117 e. The summed E-state index contributed by atoms with van der Waals surface area (Å²) in [4.78, 5) is 0.383. The SMILES string of the molecule is ClC12CCC1C(Br)=CC2Br. The molecular weight excluding hydrogens is 279 g/mol. The summed E-state index contributed by atoms with van der Waals surface area (Å²) in [6.45, 7) is 0. The average molecular weight is 286 g/mol. The molecule has 0 radical (unpaired) electrons. The highest BCUT2D eigenvalue weighted by atomic mass is 79.9. The maximum absolute atomic E-state index is 6.32. The van der Waals surface area contributed by atoms with Gasteiger partial charge in [-0.15, -0.1) is 11.6 Å². The van der Waals surface area contributed by atoms with Crippen molar-refractivity contribution < 1.29 is 0 Å². The number of hydrogen-bond acceptors (Lipinski definition) is 0. The molecule has 0 aromatic heterocycles. The Balaban J connectivity index is 2.29. The Labute approximate surface area is 82.3 Å². The molecule has 0 aliphatic heterocycles. The molecule has 0 N–H and O–H groups in total. The smallest absolute Gasteiger partial charge is 0.0680 e. The zero-order chi connectivity index (χ0) is 7.35. The number of alkyl halides is 2. The molecule has 3 heteroatoms. The average Bonchev–Trinajstić information content (AvgIpc) is 1.92. The van der Waals surface area contributed by atoms with Gasteiger partial charge in [0, 0.05) is 5.92 Å². The third-order valence-corrected chi connectivity index (χ3v) is 5.34. The molecule has 2 aliphatic carbocycles.